The molecular weight excluding hydrogens is 278 g/mol. The summed E-state index contributed by atoms with van der Waals surface area (Å²) in [6.45, 7) is 6.21. The van der Waals surface area contributed by atoms with Gasteiger partial charge in [-0.3, -0.25) is 9.59 Å². The minimum absolute atomic E-state index is 0. The highest BCUT2D eigenvalue weighted by molar-refractivity contribution is 5.85. The van der Waals surface area contributed by atoms with Gasteiger partial charge in [0.05, 0.1) is 5.92 Å². The number of carbonyl (C=O) groups is 2. The van der Waals surface area contributed by atoms with Crippen molar-refractivity contribution in [3.8, 4) is 0 Å². The molecule has 6 heteroatoms. The van der Waals surface area contributed by atoms with Crippen LogP contribution in [0.5, 0.6) is 0 Å². The highest BCUT2D eigenvalue weighted by Crippen LogP contribution is 2.18. The van der Waals surface area contributed by atoms with Crippen molar-refractivity contribution in [3.05, 3.63) is 0 Å². The van der Waals surface area contributed by atoms with Crippen LogP contribution in [-0.4, -0.2) is 49.4 Å². The van der Waals surface area contributed by atoms with E-state index in [0.29, 0.717) is 18.9 Å². The topological polar surface area (TPSA) is 61.4 Å². The number of nitrogens with one attached hydrogen (secondary N) is 2. The Kier molecular flexibility index (Phi) is 7.30. The summed E-state index contributed by atoms with van der Waals surface area (Å²) in [5.74, 6) is 0.900. The smallest absolute Gasteiger partial charge is 0.224 e. The van der Waals surface area contributed by atoms with E-state index < -0.39 is 0 Å². The molecule has 0 aliphatic carbocycles. The van der Waals surface area contributed by atoms with E-state index in [9.17, 15) is 9.59 Å². The van der Waals surface area contributed by atoms with Gasteiger partial charge in [0, 0.05) is 45.1 Å². The van der Waals surface area contributed by atoms with Gasteiger partial charge in [0.2, 0.25) is 11.8 Å². The molecular formula is C14H26ClN3O2. The van der Waals surface area contributed by atoms with Crippen molar-refractivity contribution in [1.82, 2.24) is 15.5 Å². The molecule has 0 aromatic carbocycles. The van der Waals surface area contributed by atoms with E-state index in [0.717, 1.165) is 45.4 Å². The number of hydrogen-bond donors (Lipinski definition) is 2. The SMILES string of the molecule is CCCC(=O)N1CCCC(C(=O)NCC2CNC2)C1.Cl. The maximum Gasteiger partial charge on any atom is 0.224 e. The largest absolute Gasteiger partial charge is 0.355 e. The van der Waals surface area contributed by atoms with E-state index >= 15 is 0 Å². The van der Waals surface area contributed by atoms with Gasteiger partial charge < -0.3 is 15.5 Å². The lowest BCUT2D eigenvalue weighted by Gasteiger charge is -2.33. The molecule has 20 heavy (non-hydrogen) atoms. The number of amides is 2. The Morgan fingerprint density at radius 1 is 1.35 bits per heavy atom. The molecule has 116 valence electrons. The molecule has 0 aromatic heterocycles. The van der Waals surface area contributed by atoms with Crippen molar-refractivity contribution >= 4 is 24.2 Å². The third-order valence-corrected chi connectivity index (χ3v) is 4.04. The summed E-state index contributed by atoms with van der Waals surface area (Å²) < 4.78 is 0. The fourth-order valence-corrected chi connectivity index (χ4v) is 2.67. The fraction of sp³-hybridized carbons (Fsp3) is 0.857. The highest BCUT2D eigenvalue weighted by atomic mass is 35.5. The van der Waals surface area contributed by atoms with Gasteiger partial charge >= 0.3 is 0 Å². The normalized spacial score (nSPS) is 22.6. The second kappa shape index (κ2) is 8.47. The molecule has 5 nitrogen and oxygen atoms in total. The maximum atomic E-state index is 12.1. The molecule has 0 saturated carbocycles. The van der Waals surface area contributed by atoms with Gasteiger partial charge in [-0.25, -0.2) is 0 Å². The summed E-state index contributed by atoms with van der Waals surface area (Å²) in [5, 5.41) is 6.23. The van der Waals surface area contributed by atoms with Crippen molar-refractivity contribution in [2.24, 2.45) is 11.8 Å². The van der Waals surface area contributed by atoms with Crippen LogP contribution in [0.15, 0.2) is 0 Å². The van der Waals surface area contributed by atoms with Crippen LogP contribution in [0.4, 0.5) is 0 Å². The second-order valence-corrected chi connectivity index (χ2v) is 5.70. The molecule has 1 unspecified atom stereocenters. The number of hydrogen-bond acceptors (Lipinski definition) is 3. The molecule has 2 fully saturated rings. The van der Waals surface area contributed by atoms with Crippen LogP contribution in [0.2, 0.25) is 0 Å². The van der Waals surface area contributed by atoms with Crippen molar-refractivity contribution in [1.29, 1.82) is 0 Å². The Hall–Kier alpha value is -0.810. The number of carbonyl (C=O) groups excluding carboxylic acids is 2. The van der Waals surface area contributed by atoms with Crippen LogP contribution < -0.4 is 10.6 Å². The minimum atomic E-state index is -0.0115. The predicted molar refractivity (Wildman–Crippen MR) is 80.8 cm³/mol. The number of rotatable bonds is 5. The van der Waals surface area contributed by atoms with Crippen molar-refractivity contribution in [2.45, 2.75) is 32.6 Å². The molecule has 2 aliphatic rings. The van der Waals surface area contributed by atoms with Gasteiger partial charge in [0.25, 0.3) is 0 Å². The van der Waals surface area contributed by atoms with E-state index in [4.69, 9.17) is 0 Å². The van der Waals surface area contributed by atoms with E-state index in [-0.39, 0.29) is 30.1 Å². The highest BCUT2D eigenvalue weighted by Gasteiger charge is 2.28. The summed E-state index contributed by atoms with van der Waals surface area (Å²) in [6, 6.07) is 0. The zero-order valence-corrected chi connectivity index (χ0v) is 13.0. The molecule has 2 saturated heterocycles. The molecule has 2 N–H and O–H groups in total. The zero-order valence-electron chi connectivity index (χ0n) is 12.2. The minimum Gasteiger partial charge on any atom is -0.355 e. The monoisotopic (exact) mass is 303 g/mol. The van der Waals surface area contributed by atoms with E-state index in [1.165, 1.54) is 0 Å². The van der Waals surface area contributed by atoms with Gasteiger partial charge in [-0.15, -0.1) is 12.4 Å². The molecule has 2 amide bonds. The van der Waals surface area contributed by atoms with E-state index in [1.54, 1.807) is 0 Å². The van der Waals surface area contributed by atoms with Gasteiger partial charge in [0.15, 0.2) is 0 Å². The Morgan fingerprint density at radius 3 is 2.70 bits per heavy atom. The van der Waals surface area contributed by atoms with Crippen molar-refractivity contribution in [2.75, 3.05) is 32.7 Å². The maximum absolute atomic E-state index is 12.1. The lowest BCUT2D eigenvalue weighted by atomic mass is 9.96. The van der Waals surface area contributed by atoms with Crippen LogP contribution in [0.25, 0.3) is 0 Å². The quantitative estimate of drug-likeness (QED) is 0.789. The van der Waals surface area contributed by atoms with Crippen LogP contribution in [-0.2, 0) is 9.59 Å². The van der Waals surface area contributed by atoms with Crippen LogP contribution in [0.1, 0.15) is 32.6 Å². The number of piperidine rings is 1. The standard InChI is InChI=1S/C14H25N3O2.ClH/c1-2-4-13(18)17-6-3-5-12(10-17)14(19)16-9-11-7-15-8-11;/h11-12,15H,2-10H2,1H3,(H,16,19);1H. The average molecular weight is 304 g/mol. The fourth-order valence-electron chi connectivity index (χ4n) is 2.67. The average Bonchev–Trinajstić information content (AvgIpc) is 2.37. The Labute approximate surface area is 127 Å². The first-order valence-electron chi connectivity index (χ1n) is 7.47. The summed E-state index contributed by atoms with van der Waals surface area (Å²) in [6.07, 6.45) is 3.33. The summed E-state index contributed by atoms with van der Waals surface area (Å²) in [7, 11) is 0. The molecule has 0 bridgehead atoms. The summed E-state index contributed by atoms with van der Waals surface area (Å²) in [5.41, 5.74) is 0. The van der Waals surface area contributed by atoms with Crippen LogP contribution in [0, 0.1) is 11.8 Å². The zero-order chi connectivity index (χ0) is 13.7. The van der Waals surface area contributed by atoms with E-state index in [2.05, 4.69) is 10.6 Å². The third kappa shape index (κ3) is 4.63. The van der Waals surface area contributed by atoms with Gasteiger partial charge in [0.1, 0.15) is 0 Å². The van der Waals surface area contributed by atoms with Crippen molar-refractivity contribution in [3.63, 3.8) is 0 Å². The number of nitrogens with zero attached hydrogens (tertiary/aromatic N) is 1. The molecule has 2 aliphatic heterocycles. The van der Waals surface area contributed by atoms with Gasteiger partial charge in [-0.1, -0.05) is 6.92 Å². The van der Waals surface area contributed by atoms with Crippen LogP contribution in [0.3, 0.4) is 0 Å². The lowest BCUT2D eigenvalue weighted by molar-refractivity contribution is -0.135. The number of halogens is 1. The predicted octanol–water partition coefficient (Wildman–Crippen LogP) is 0.782. The third-order valence-electron chi connectivity index (χ3n) is 4.04. The van der Waals surface area contributed by atoms with E-state index in [1.807, 2.05) is 11.8 Å². The summed E-state index contributed by atoms with van der Waals surface area (Å²) in [4.78, 5) is 25.8. The molecule has 0 spiro atoms. The Morgan fingerprint density at radius 2 is 2.10 bits per heavy atom. The molecule has 0 aromatic rings. The second-order valence-electron chi connectivity index (χ2n) is 5.70. The lowest BCUT2D eigenvalue weighted by Crippen LogP contribution is -2.50. The molecule has 2 rings (SSSR count). The first kappa shape index (κ1) is 17.2. The van der Waals surface area contributed by atoms with Crippen molar-refractivity contribution < 1.29 is 9.59 Å². The number of likely N-dealkylation sites (tertiary alicyclic amines) is 1. The van der Waals surface area contributed by atoms with Gasteiger partial charge in [-0.2, -0.15) is 0 Å². The Balaban J connectivity index is 0.00000200. The first-order chi connectivity index (χ1) is 9.20. The van der Waals surface area contributed by atoms with Crippen LogP contribution >= 0.6 is 12.4 Å². The molecule has 1 atom stereocenters. The summed E-state index contributed by atoms with van der Waals surface area (Å²) >= 11 is 0. The van der Waals surface area contributed by atoms with Gasteiger partial charge in [-0.05, 0) is 19.3 Å². The molecule has 2 heterocycles. The molecule has 0 radical (unpaired) electrons. The first-order valence-corrected chi connectivity index (χ1v) is 7.47. The Bertz CT molecular complexity index is 334.